The Labute approximate surface area is 182 Å². The fourth-order valence-electron chi connectivity index (χ4n) is 4.08. The molecule has 7 heteroatoms. The first-order chi connectivity index (χ1) is 15.1. The Morgan fingerprint density at radius 2 is 1.81 bits per heavy atom. The zero-order valence-electron chi connectivity index (χ0n) is 17.9. The van der Waals surface area contributed by atoms with Gasteiger partial charge in [-0.1, -0.05) is 18.2 Å². The van der Waals surface area contributed by atoms with Gasteiger partial charge in [0.05, 0.1) is 13.2 Å². The van der Waals surface area contributed by atoms with E-state index < -0.39 is 0 Å². The zero-order chi connectivity index (χ0) is 21.8. The van der Waals surface area contributed by atoms with Crippen LogP contribution in [0.3, 0.4) is 0 Å². The average molecular weight is 424 g/mol. The van der Waals surface area contributed by atoms with E-state index in [0.29, 0.717) is 31.9 Å². The third-order valence-electron chi connectivity index (χ3n) is 5.86. The summed E-state index contributed by atoms with van der Waals surface area (Å²) in [7, 11) is 1.62. The number of fused-ring (bicyclic) bond motifs is 1. The Morgan fingerprint density at radius 1 is 1.10 bits per heavy atom. The van der Waals surface area contributed by atoms with Gasteiger partial charge in [-0.25, -0.2) is 4.79 Å². The number of piperidine rings is 1. The summed E-state index contributed by atoms with van der Waals surface area (Å²) >= 11 is 0. The third-order valence-corrected chi connectivity index (χ3v) is 5.86. The molecule has 1 unspecified atom stereocenters. The summed E-state index contributed by atoms with van der Waals surface area (Å²) in [6.07, 6.45) is 1.12. The number of hydrogen-bond donors (Lipinski definition) is 1. The van der Waals surface area contributed by atoms with Gasteiger partial charge in [0.1, 0.15) is 5.75 Å². The van der Waals surface area contributed by atoms with Gasteiger partial charge in [-0.15, -0.1) is 0 Å². The molecule has 4 rings (SSSR count). The van der Waals surface area contributed by atoms with Crippen molar-refractivity contribution in [3.63, 3.8) is 0 Å². The lowest BCUT2D eigenvalue weighted by atomic mass is 9.95. The molecule has 2 aliphatic rings. The van der Waals surface area contributed by atoms with Crippen molar-refractivity contribution < 1.29 is 23.8 Å². The van der Waals surface area contributed by atoms with Crippen LogP contribution in [-0.2, 0) is 16.1 Å². The molecular formula is C24H28N2O5. The minimum Gasteiger partial charge on any atom is -0.464 e. The second-order valence-electron chi connectivity index (χ2n) is 7.80. The number of carbonyl (C=O) groups is 2. The van der Waals surface area contributed by atoms with Crippen molar-refractivity contribution in [1.29, 1.82) is 0 Å². The monoisotopic (exact) mass is 424 g/mol. The topological polar surface area (TPSA) is 77.1 Å². The van der Waals surface area contributed by atoms with Crippen LogP contribution >= 0.6 is 0 Å². The van der Waals surface area contributed by atoms with Crippen LogP contribution in [0.25, 0.3) is 11.1 Å². The van der Waals surface area contributed by atoms with Crippen molar-refractivity contribution in [2.75, 3.05) is 26.7 Å². The minimum atomic E-state index is -0.297. The van der Waals surface area contributed by atoms with E-state index in [-0.39, 0.29) is 24.2 Å². The van der Waals surface area contributed by atoms with Crippen LogP contribution in [0.1, 0.15) is 35.7 Å². The minimum absolute atomic E-state index is 0.0991. The largest absolute Gasteiger partial charge is 0.464 e. The number of hydrogen-bond acceptors (Lipinski definition) is 5. The number of amides is 2. The first kappa shape index (κ1) is 21.2. The van der Waals surface area contributed by atoms with Crippen molar-refractivity contribution in [2.45, 2.75) is 32.7 Å². The van der Waals surface area contributed by atoms with Crippen molar-refractivity contribution in [2.24, 2.45) is 5.92 Å². The average Bonchev–Trinajstić information content (AvgIpc) is 2.83. The molecule has 0 aliphatic carbocycles. The molecular weight excluding hydrogens is 396 g/mol. The maximum atomic E-state index is 11.9. The summed E-state index contributed by atoms with van der Waals surface area (Å²) in [4.78, 5) is 25.4. The molecule has 0 bridgehead atoms. The molecule has 0 aromatic heterocycles. The van der Waals surface area contributed by atoms with Crippen LogP contribution < -0.4 is 10.1 Å². The molecule has 2 aliphatic heterocycles. The first-order valence-electron chi connectivity index (χ1n) is 10.7. The van der Waals surface area contributed by atoms with E-state index in [9.17, 15) is 9.59 Å². The Bertz CT molecular complexity index is 935. The lowest BCUT2D eigenvalue weighted by Crippen LogP contribution is -2.44. The smallest absolute Gasteiger partial charge is 0.409 e. The third kappa shape index (κ3) is 4.66. The number of carbonyl (C=O) groups excluding carboxylic acids is 2. The first-order valence-corrected chi connectivity index (χ1v) is 10.7. The zero-order valence-corrected chi connectivity index (χ0v) is 17.9. The fourth-order valence-corrected chi connectivity index (χ4v) is 4.08. The molecule has 0 radical (unpaired) electrons. The molecule has 1 saturated heterocycles. The quantitative estimate of drug-likeness (QED) is 0.808. The van der Waals surface area contributed by atoms with Crippen LogP contribution in [0.2, 0.25) is 0 Å². The van der Waals surface area contributed by atoms with Gasteiger partial charge in [0, 0.05) is 37.2 Å². The molecule has 2 heterocycles. The van der Waals surface area contributed by atoms with Gasteiger partial charge in [0.2, 0.25) is 6.29 Å². The number of nitrogens with zero attached hydrogens (tertiary/aromatic N) is 1. The summed E-state index contributed by atoms with van der Waals surface area (Å²) in [5.74, 6) is 0.989. The summed E-state index contributed by atoms with van der Waals surface area (Å²) in [5, 5.41) is 2.63. The molecule has 31 heavy (non-hydrogen) atoms. The van der Waals surface area contributed by atoms with Crippen molar-refractivity contribution in [3.05, 3.63) is 53.6 Å². The van der Waals surface area contributed by atoms with Gasteiger partial charge in [-0.05, 0) is 55.2 Å². The second kappa shape index (κ2) is 9.39. The van der Waals surface area contributed by atoms with Gasteiger partial charge < -0.3 is 24.4 Å². The molecule has 1 atom stereocenters. The van der Waals surface area contributed by atoms with E-state index in [1.54, 1.807) is 11.9 Å². The van der Waals surface area contributed by atoms with E-state index >= 15 is 0 Å². The van der Waals surface area contributed by atoms with Crippen LogP contribution in [0.15, 0.2) is 42.5 Å². The molecule has 2 aromatic rings. The van der Waals surface area contributed by atoms with Crippen molar-refractivity contribution in [3.8, 4) is 16.9 Å². The summed E-state index contributed by atoms with van der Waals surface area (Å²) in [5.41, 5.74) is 3.72. The van der Waals surface area contributed by atoms with Gasteiger partial charge in [-0.3, -0.25) is 4.79 Å². The Balaban J connectivity index is 1.39. The van der Waals surface area contributed by atoms with E-state index in [1.165, 1.54) is 0 Å². The standard InChI is InChI=1S/C24H28N2O5/c1-3-29-24(28)26-12-10-18(11-13-26)23-30-15-20-14-19(8-9-21(20)31-23)16-4-6-17(7-5-16)22(27)25-2/h4-9,14,18,23H,3,10-13,15H2,1-2H3,(H,25,27). The van der Waals surface area contributed by atoms with Crippen molar-refractivity contribution in [1.82, 2.24) is 10.2 Å². The van der Waals surface area contributed by atoms with Crippen LogP contribution in [0.5, 0.6) is 5.75 Å². The summed E-state index contributed by atoms with van der Waals surface area (Å²) in [6, 6.07) is 13.6. The SMILES string of the molecule is CCOC(=O)N1CCC(C2OCc3cc(-c4ccc(C(=O)NC)cc4)ccc3O2)CC1. The number of likely N-dealkylation sites (tertiary alicyclic amines) is 1. The fraction of sp³-hybridized carbons (Fsp3) is 0.417. The molecule has 7 nitrogen and oxygen atoms in total. The van der Waals surface area contributed by atoms with E-state index in [2.05, 4.69) is 11.4 Å². The number of benzene rings is 2. The van der Waals surface area contributed by atoms with E-state index in [4.69, 9.17) is 14.2 Å². The number of rotatable bonds is 4. The summed E-state index contributed by atoms with van der Waals surface area (Å²) < 4.78 is 17.3. The van der Waals surface area contributed by atoms with E-state index in [1.807, 2.05) is 43.3 Å². The number of ether oxygens (including phenoxy) is 3. The predicted octanol–water partition coefficient (Wildman–Crippen LogP) is 3.82. The molecule has 2 aromatic carbocycles. The molecule has 2 amide bonds. The Hall–Kier alpha value is -3.06. The number of nitrogens with one attached hydrogen (secondary N) is 1. The lowest BCUT2D eigenvalue weighted by molar-refractivity contribution is -0.148. The highest BCUT2D eigenvalue weighted by Crippen LogP contribution is 2.35. The molecule has 1 fully saturated rings. The molecule has 1 N–H and O–H groups in total. The van der Waals surface area contributed by atoms with Crippen LogP contribution in [0, 0.1) is 5.92 Å². The second-order valence-corrected chi connectivity index (χ2v) is 7.80. The van der Waals surface area contributed by atoms with Crippen LogP contribution in [0.4, 0.5) is 4.79 Å². The van der Waals surface area contributed by atoms with Crippen LogP contribution in [-0.4, -0.2) is 49.9 Å². The van der Waals surface area contributed by atoms with Crippen molar-refractivity contribution >= 4 is 12.0 Å². The predicted molar refractivity (Wildman–Crippen MR) is 116 cm³/mol. The van der Waals surface area contributed by atoms with Gasteiger partial charge in [-0.2, -0.15) is 0 Å². The van der Waals surface area contributed by atoms with Gasteiger partial charge >= 0.3 is 6.09 Å². The highest BCUT2D eigenvalue weighted by molar-refractivity contribution is 5.94. The maximum absolute atomic E-state index is 11.9. The summed E-state index contributed by atoms with van der Waals surface area (Å²) in [6.45, 7) is 4.01. The molecule has 0 saturated carbocycles. The normalized spacial score (nSPS) is 18.6. The highest BCUT2D eigenvalue weighted by Gasteiger charge is 2.33. The maximum Gasteiger partial charge on any atom is 0.409 e. The highest BCUT2D eigenvalue weighted by atomic mass is 16.7. The Morgan fingerprint density at radius 3 is 2.48 bits per heavy atom. The molecule has 164 valence electrons. The van der Waals surface area contributed by atoms with Gasteiger partial charge in [0.15, 0.2) is 0 Å². The van der Waals surface area contributed by atoms with E-state index in [0.717, 1.165) is 35.3 Å². The lowest BCUT2D eigenvalue weighted by Gasteiger charge is -2.37. The molecule has 0 spiro atoms. The van der Waals surface area contributed by atoms with Gasteiger partial charge in [0.25, 0.3) is 5.91 Å². The Kier molecular flexibility index (Phi) is 6.42.